The van der Waals surface area contributed by atoms with Crippen molar-refractivity contribution < 1.29 is 18.3 Å². The Hall–Kier alpha value is -2.44. The highest BCUT2D eigenvalue weighted by Gasteiger charge is 2.38. The highest BCUT2D eigenvalue weighted by Crippen LogP contribution is 2.34. The number of fused-ring (bicyclic) bond motifs is 1. The van der Waals surface area contributed by atoms with Crippen LogP contribution in [0.4, 0.5) is 0 Å². The van der Waals surface area contributed by atoms with E-state index in [9.17, 15) is 13.5 Å². The molecule has 1 aromatic carbocycles. The lowest BCUT2D eigenvalue weighted by Crippen LogP contribution is -2.49. The molecule has 7 nitrogen and oxygen atoms in total. The van der Waals surface area contributed by atoms with Gasteiger partial charge in [-0.15, -0.1) is 0 Å². The van der Waals surface area contributed by atoms with Gasteiger partial charge in [0.25, 0.3) is 0 Å². The summed E-state index contributed by atoms with van der Waals surface area (Å²) in [5.41, 5.74) is 1.67. The van der Waals surface area contributed by atoms with E-state index in [1.165, 1.54) is 4.31 Å². The first-order chi connectivity index (χ1) is 16.6. The van der Waals surface area contributed by atoms with Crippen molar-refractivity contribution in [2.75, 3.05) is 26.7 Å². The van der Waals surface area contributed by atoms with Gasteiger partial charge in [0.05, 0.1) is 12.3 Å². The first-order valence-electron chi connectivity index (χ1n) is 12.1. The first-order valence-corrected chi connectivity index (χ1v) is 13.6. The second-order valence-corrected chi connectivity index (χ2v) is 11.7. The van der Waals surface area contributed by atoms with Gasteiger partial charge in [-0.25, -0.2) is 8.42 Å². The molecule has 0 spiro atoms. The van der Waals surface area contributed by atoms with E-state index in [2.05, 4.69) is 35.6 Å². The summed E-state index contributed by atoms with van der Waals surface area (Å²) in [7, 11) is -1.86. The topological polar surface area (TPSA) is 83.0 Å². The zero-order chi connectivity index (χ0) is 25.6. The lowest BCUT2D eigenvalue weighted by Gasteiger charge is -2.37. The van der Waals surface area contributed by atoms with Gasteiger partial charge in [-0.1, -0.05) is 38.7 Å². The fourth-order valence-corrected chi connectivity index (χ4v) is 5.84. The summed E-state index contributed by atoms with van der Waals surface area (Å²) in [5, 5.41) is 9.81. The molecule has 1 aliphatic heterocycles. The van der Waals surface area contributed by atoms with Crippen LogP contribution >= 0.6 is 0 Å². The van der Waals surface area contributed by atoms with Crippen molar-refractivity contribution in [3.63, 3.8) is 0 Å². The number of pyridine rings is 1. The normalized spacial score (nSPS) is 20.8. The first kappa shape index (κ1) is 27.2. The van der Waals surface area contributed by atoms with Gasteiger partial charge in [0.15, 0.2) is 0 Å². The maximum atomic E-state index is 13.6. The molecule has 0 saturated heterocycles. The summed E-state index contributed by atoms with van der Waals surface area (Å²) in [6.07, 6.45) is 2.26. The standard InChI is InChI=1S/C27H37N3O4S/c1-20(2)9-8-10-23-12-13-27-25(15-23)34-26(18-29(5)17-24-11-6-7-14-28-24)21(3)16-30(22(4)19-31)35(27,32)33/h6-7,11-15,20-22,26,31H,9,16-19H2,1-5H3/t21-,22+,26-/m0/s1. The third-order valence-corrected chi connectivity index (χ3v) is 8.08. The minimum absolute atomic E-state index is 0.108. The summed E-state index contributed by atoms with van der Waals surface area (Å²) < 4.78 is 35.0. The Morgan fingerprint density at radius 3 is 2.69 bits per heavy atom. The molecule has 8 heteroatoms. The summed E-state index contributed by atoms with van der Waals surface area (Å²) in [4.78, 5) is 6.64. The Labute approximate surface area is 210 Å². The van der Waals surface area contributed by atoms with Crippen LogP contribution in [0.5, 0.6) is 5.75 Å². The van der Waals surface area contributed by atoms with Crippen molar-refractivity contribution in [1.82, 2.24) is 14.2 Å². The van der Waals surface area contributed by atoms with Crippen molar-refractivity contribution >= 4 is 10.0 Å². The Morgan fingerprint density at radius 1 is 1.26 bits per heavy atom. The van der Waals surface area contributed by atoms with E-state index < -0.39 is 16.1 Å². The van der Waals surface area contributed by atoms with Crippen LogP contribution in [0.25, 0.3) is 0 Å². The molecular weight excluding hydrogens is 462 g/mol. The van der Waals surface area contributed by atoms with Gasteiger partial charge in [0, 0.05) is 49.8 Å². The van der Waals surface area contributed by atoms with E-state index in [1.54, 1.807) is 31.3 Å². The molecule has 0 radical (unpaired) electrons. The number of sulfonamides is 1. The zero-order valence-corrected chi connectivity index (χ0v) is 22.1. The predicted octanol–water partition coefficient (Wildman–Crippen LogP) is 3.38. The molecule has 1 aliphatic rings. The number of aliphatic hydroxyl groups excluding tert-OH is 1. The smallest absolute Gasteiger partial charge is 0.247 e. The molecule has 0 amide bonds. The van der Waals surface area contributed by atoms with Gasteiger partial charge < -0.3 is 9.84 Å². The second-order valence-electron chi connectivity index (χ2n) is 9.82. The molecule has 190 valence electrons. The van der Waals surface area contributed by atoms with Gasteiger partial charge in [-0.2, -0.15) is 4.31 Å². The second kappa shape index (κ2) is 12.0. The SMILES string of the molecule is CC(C)CC#Cc1ccc2c(c1)O[C@@H](CN(C)Cc1ccccn1)[C@@H](C)CN([C@H](C)CO)S2(=O)=O. The van der Waals surface area contributed by atoms with Crippen LogP contribution in [-0.2, 0) is 16.6 Å². The summed E-state index contributed by atoms with van der Waals surface area (Å²) in [5.74, 6) is 6.94. The van der Waals surface area contributed by atoms with Crippen LogP contribution in [0, 0.1) is 23.7 Å². The Morgan fingerprint density at radius 2 is 2.03 bits per heavy atom. The number of rotatable bonds is 7. The quantitative estimate of drug-likeness (QED) is 0.588. The maximum absolute atomic E-state index is 13.6. The fraction of sp³-hybridized carbons (Fsp3) is 0.519. The van der Waals surface area contributed by atoms with Crippen molar-refractivity contribution in [3.05, 3.63) is 53.9 Å². The molecule has 2 aromatic rings. The fourth-order valence-electron chi connectivity index (χ4n) is 4.02. The van der Waals surface area contributed by atoms with Crippen LogP contribution < -0.4 is 4.74 Å². The molecule has 1 aromatic heterocycles. The predicted molar refractivity (Wildman–Crippen MR) is 137 cm³/mol. The average Bonchev–Trinajstić information content (AvgIpc) is 2.81. The Balaban J connectivity index is 1.97. The van der Waals surface area contributed by atoms with Gasteiger partial charge >= 0.3 is 0 Å². The van der Waals surface area contributed by atoms with Crippen LogP contribution in [0.3, 0.4) is 0 Å². The number of hydrogen-bond donors (Lipinski definition) is 1. The number of benzene rings is 1. The van der Waals surface area contributed by atoms with E-state index in [0.29, 0.717) is 24.8 Å². The monoisotopic (exact) mass is 499 g/mol. The van der Waals surface area contributed by atoms with Crippen LogP contribution in [0.15, 0.2) is 47.5 Å². The number of aliphatic hydroxyl groups is 1. The molecule has 1 N–H and O–H groups in total. The van der Waals surface area contributed by atoms with E-state index >= 15 is 0 Å². The Kier molecular flexibility index (Phi) is 9.31. The number of hydrogen-bond acceptors (Lipinski definition) is 6. The molecule has 3 atom stereocenters. The number of nitrogens with zero attached hydrogens (tertiary/aromatic N) is 3. The van der Waals surface area contributed by atoms with Gasteiger partial charge in [0.2, 0.25) is 10.0 Å². The number of aromatic nitrogens is 1. The lowest BCUT2D eigenvalue weighted by atomic mass is 10.0. The van der Waals surface area contributed by atoms with Crippen LogP contribution in [-0.4, -0.2) is 66.6 Å². The molecule has 3 rings (SSSR count). The molecule has 0 unspecified atom stereocenters. The van der Waals surface area contributed by atoms with Gasteiger partial charge in [-0.3, -0.25) is 9.88 Å². The molecule has 35 heavy (non-hydrogen) atoms. The van der Waals surface area contributed by atoms with E-state index in [4.69, 9.17) is 4.74 Å². The lowest BCUT2D eigenvalue weighted by molar-refractivity contribution is 0.0730. The third kappa shape index (κ3) is 7.05. The highest BCUT2D eigenvalue weighted by atomic mass is 32.2. The third-order valence-electron chi connectivity index (χ3n) is 6.06. The number of likely N-dealkylation sites (N-methyl/N-ethyl adjacent to an activating group) is 1. The van der Waals surface area contributed by atoms with Crippen LogP contribution in [0.1, 0.15) is 45.4 Å². The summed E-state index contributed by atoms with van der Waals surface area (Å²) in [6.45, 7) is 9.15. The maximum Gasteiger partial charge on any atom is 0.247 e. The van der Waals surface area contributed by atoms with Crippen molar-refractivity contribution in [2.24, 2.45) is 11.8 Å². The largest absolute Gasteiger partial charge is 0.487 e. The van der Waals surface area contributed by atoms with Gasteiger partial charge in [-0.05, 0) is 50.2 Å². The van der Waals surface area contributed by atoms with E-state index in [1.807, 2.05) is 32.2 Å². The van der Waals surface area contributed by atoms with Crippen molar-refractivity contribution in [1.29, 1.82) is 0 Å². The molecule has 0 aliphatic carbocycles. The molecule has 0 bridgehead atoms. The van der Waals surface area contributed by atoms with E-state index in [-0.39, 0.29) is 30.1 Å². The van der Waals surface area contributed by atoms with Crippen molar-refractivity contribution in [3.8, 4) is 17.6 Å². The molecule has 0 saturated carbocycles. The molecular formula is C27H37N3O4S. The zero-order valence-electron chi connectivity index (χ0n) is 21.3. The summed E-state index contributed by atoms with van der Waals surface area (Å²) >= 11 is 0. The Bertz CT molecular complexity index is 1140. The molecule has 2 heterocycles. The van der Waals surface area contributed by atoms with Crippen LogP contribution in [0.2, 0.25) is 0 Å². The van der Waals surface area contributed by atoms with E-state index in [0.717, 1.165) is 17.7 Å². The highest BCUT2D eigenvalue weighted by molar-refractivity contribution is 7.89. The summed E-state index contributed by atoms with van der Waals surface area (Å²) in [6, 6.07) is 10.3. The number of ether oxygens (including phenoxy) is 1. The van der Waals surface area contributed by atoms with Crippen molar-refractivity contribution in [2.45, 2.75) is 57.7 Å². The minimum Gasteiger partial charge on any atom is -0.487 e. The van der Waals surface area contributed by atoms with Gasteiger partial charge in [0.1, 0.15) is 16.7 Å². The minimum atomic E-state index is -3.86. The molecule has 0 fully saturated rings. The average molecular weight is 500 g/mol.